The molecule has 0 saturated carbocycles. The van der Waals surface area contributed by atoms with Crippen LogP contribution in [0.3, 0.4) is 0 Å². The third kappa shape index (κ3) is 5.59. The summed E-state index contributed by atoms with van der Waals surface area (Å²) in [5.74, 6) is 1.75. The quantitative estimate of drug-likeness (QED) is 0.618. The fraction of sp³-hybridized carbons (Fsp3) is 0.348. The van der Waals surface area contributed by atoms with E-state index in [1.165, 1.54) is 11.1 Å². The lowest BCUT2D eigenvalue weighted by molar-refractivity contribution is 0.222. The lowest BCUT2D eigenvalue weighted by Crippen LogP contribution is -2.33. The van der Waals surface area contributed by atoms with E-state index < -0.39 is 0 Å². The Kier molecular flexibility index (Phi) is 6.72. The number of nitrogens with zero attached hydrogens (tertiary/aromatic N) is 3. The van der Waals surface area contributed by atoms with E-state index >= 15 is 0 Å². The summed E-state index contributed by atoms with van der Waals surface area (Å²) in [7, 11) is 1.74. The van der Waals surface area contributed by atoms with Gasteiger partial charge in [-0.3, -0.25) is 0 Å². The molecule has 2 amide bonds. The molecule has 7 nitrogen and oxygen atoms in total. The van der Waals surface area contributed by atoms with E-state index in [0.29, 0.717) is 24.7 Å². The molecule has 1 heterocycles. The summed E-state index contributed by atoms with van der Waals surface area (Å²) in [5.41, 5.74) is 5.35. The molecule has 30 heavy (non-hydrogen) atoms. The van der Waals surface area contributed by atoms with Crippen molar-refractivity contribution >= 4 is 11.7 Å². The molecule has 0 radical (unpaired) electrons. The van der Waals surface area contributed by atoms with Crippen LogP contribution in [0.15, 0.2) is 40.9 Å². The number of hydrogen-bond donors (Lipinski definition) is 1. The monoisotopic (exact) mass is 408 g/mol. The summed E-state index contributed by atoms with van der Waals surface area (Å²) >= 11 is 0. The van der Waals surface area contributed by atoms with Gasteiger partial charge in [-0.1, -0.05) is 28.9 Å². The number of rotatable bonds is 7. The predicted octanol–water partition coefficient (Wildman–Crippen LogP) is 4.59. The lowest BCUT2D eigenvalue weighted by Gasteiger charge is -2.17. The highest BCUT2D eigenvalue weighted by Gasteiger charge is 2.13. The van der Waals surface area contributed by atoms with Gasteiger partial charge in [0.15, 0.2) is 12.4 Å². The number of carbonyl (C=O) groups excluding carboxylic acids is 1. The number of aryl methyl sites for hydroxylation is 4. The SMILES string of the molecule is Cc1ccc(OCc2nc(CCN(C)C(=O)Nc3ccc(C)c(C)c3)no2)c(C)c1. The van der Waals surface area contributed by atoms with Crippen molar-refractivity contribution in [2.24, 2.45) is 0 Å². The highest BCUT2D eigenvalue weighted by molar-refractivity contribution is 5.89. The summed E-state index contributed by atoms with van der Waals surface area (Å²) < 4.78 is 11.0. The van der Waals surface area contributed by atoms with Gasteiger partial charge in [0.2, 0.25) is 0 Å². The van der Waals surface area contributed by atoms with Crippen molar-refractivity contribution in [3.63, 3.8) is 0 Å². The largest absolute Gasteiger partial charge is 0.483 e. The van der Waals surface area contributed by atoms with Gasteiger partial charge in [-0.2, -0.15) is 4.98 Å². The maximum absolute atomic E-state index is 12.4. The van der Waals surface area contributed by atoms with Crippen LogP contribution in [0.2, 0.25) is 0 Å². The molecule has 0 bridgehead atoms. The van der Waals surface area contributed by atoms with Crippen molar-refractivity contribution in [2.75, 3.05) is 18.9 Å². The molecule has 0 atom stereocenters. The fourth-order valence-corrected chi connectivity index (χ4v) is 2.96. The number of anilines is 1. The van der Waals surface area contributed by atoms with Crippen LogP contribution in [0.1, 0.15) is 34.0 Å². The zero-order valence-corrected chi connectivity index (χ0v) is 18.2. The minimum absolute atomic E-state index is 0.180. The Morgan fingerprint density at radius 1 is 1.07 bits per heavy atom. The Hall–Kier alpha value is -3.35. The second-order valence-corrected chi connectivity index (χ2v) is 7.56. The first kappa shape index (κ1) is 21.4. The van der Waals surface area contributed by atoms with Gasteiger partial charge in [0.1, 0.15) is 5.75 Å². The predicted molar refractivity (Wildman–Crippen MR) is 116 cm³/mol. The number of likely N-dealkylation sites (N-methyl/N-ethyl adjacent to an activating group) is 1. The Morgan fingerprint density at radius 3 is 2.60 bits per heavy atom. The number of aromatic nitrogens is 2. The average Bonchev–Trinajstić information content (AvgIpc) is 3.16. The van der Waals surface area contributed by atoms with Crippen molar-refractivity contribution in [3.05, 3.63) is 70.4 Å². The minimum atomic E-state index is -0.180. The summed E-state index contributed by atoms with van der Waals surface area (Å²) in [6, 6.07) is 11.7. The number of nitrogens with one attached hydrogen (secondary N) is 1. The number of benzene rings is 2. The molecule has 7 heteroatoms. The van der Waals surface area contributed by atoms with Crippen LogP contribution in [-0.2, 0) is 13.0 Å². The third-order valence-corrected chi connectivity index (χ3v) is 4.97. The molecule has 3 rings (SSSR count). The summed E-state index contributed by atoms with van der Waals surface area (Å²) in [6.45, 7) is 8.78. The van der Waals surface area contributed by atoms with Crippen LogP contribution in [0.4, 0.5) is 10.5 Å². The van der Waals surface area contributed by atoms with Crippen LogP contribution in [0, 0.1) is 27.7 Å². The van der Waals surface area contributed by atoms with E-state index in [2.05, 4.69) is 21.5 Å². The molecule has 2 aromatic carbocycles. The Morgan fingerprint density at radius 2 is 1.87 bits per heavy atom. The second-order valence-electron chi connectivity index (χ2n) is 7.56. The Balaban J connectivity index is 1.48. The van der Waals surface area contributed by atoms with Gasteiger partial charge < -0.3 is 19.5 Å². The molecule has 0 aliphatic heterocycles. The summed E-state index contributed by atoms with van der Waals surface area (Å²) in [4.78, 5) is 18.3. The topological polar surface area (TPSA) is 80.5 Å². The van der Waals surface area contributed by atoms with Crippen LogP contribution < -0.4 is 10.1 Å². The van der Waals surface area contributed by atoms with Crippen LogP contribution in [0.5, 0.6) is 5.75 Å². The van der Waals surface area contributed by atoms with Crippen molar-refractivity contribution in [1.82, 2.24) is 15.0 Å². The van der Waals surface area contributed by atoms with Crippen molar-refractivity contribution in [2.45, 2.75) is 40.7 Å². The zero-order chi connectivity index (χ0) is 21.7. The van der Waals surface area contributed by atoms with Gasteiger partial charge in [-0.25, -0.2) is 4.79 Å². The molecule has 1 N–H and O–H groups in total. The van der Waals surface area contributed by atoms with Crippen LogP contribution >= 0.6 is 0 Å². The van der Waals surface area contributed by atoms with E-state index in [1.54, 1.807) is 11.9 Å². The first-order chi connectivity index (χ1) is 14.3. The molecule has 0 fully saturated rings. The molecule has 3 aromatic rings. The first-order valence-electron chi connectivity index (χ1n) is 9.92. The number of hydrogen-bond acceptors (Lipinski definition) is 5. The molecule has 158 valence electrons. The normalized spacial score (nSPS) is 10.7. The van der Waals surface area contributed by atoms with E-state index in [4.69, 9.17) is 9.26 Å². The molecule has 0 spiro atoms. The second kappa shape index (κ2) is 9.43. The van der Waals surface area contributed by atoms with Crippen molar-refractivity contribution in [1.29, 1.82) is 0 Å². The highest BCUT2D eigenvalue weighted by Crippen LogP contribution is 2.20. The van der Waals surface area contributed by atoms with E-state index in [9.17, 15) is 4.79 Å². The van der Waals surface area contributed by atoms with E-state index in [0.717, 1.165) is 22.6 Å². The highest BCUT2D eigenvalue weighted by atomic mass is 16.5. The summed E-state index contributed by atoms with van der Waals surface area (Å²) in [5, 5.41) is 6.88. The van der Waals surface area contributed by atoms with Gasteiger partial charge in [-0.05, 0) is 62.6 Å². The zero-order valence-electron chi connectivity index (χ0n) is 18.2. The molecule has 0 saturated heterocycles. The maximum Gasteiger partial charge on any atom is 0.321 e. The lowest BCUT2D eigenvalue weighted by atomic mass is 10.1. The molecule has 0 aliphatic rings. The van der Waals surface area contributed by atoms with E-state index in [-0.39, 0.29) is 12.6 Å². The molecule has 0 unspecified atom stereocenters. The first-order valence-corrected chi connectivity index (χ1v) is 9.92. The van der Waals surface area contributed by atoms with Crippen molar-refractivity contribution < 1.29 is 14.1 Å². The smallest absolute Gasteiger partial charge is 0.321 e. The number of urea groups is 1. The van der Waals surface area contributed by atoms with Gasteiger partial charge in [0.25, 0.3) is 5.89 Å². The standard InChI is InChI=1S/C23H28N4O3/c1-15-6-9-20(18(4)12-15)29-14-22-25-21(26-30-22)10-11-27(5)23(28)24-19-8-7-16(2)17(3)13-19/h6-9,12-13H,10-11,14H2,1-5H3,(H,24,28). The average molecular weight is 409 g/mol. The third-order valence-electron chi connectivity index (χ3n) is 4.97. The number of carbonyl (C=O) groups is 1. The van der Waals surface area contributed by atoms with Gasteiger partial charge in [-0.15, -0.1) is 0 Å². The number of amides is 2. The molecular weight excluding hydrogens is 380 g/mol. The minimum Gasteiger partial charge on any atom is -0.483 e. The fourth-order valence-electron chi connectivity index (χ4n) is 2.96. The summed E-state index contributed by atoms with van der Waals surface area (Å²) in [6.07, 6.45) is 0.490. The van der Waals surface area contributed by atoms with Crippen LogP contribution in [-0.4, -0.2) is 34.7 Å². The van der Waals surface area contributed by atoms with Gasteiger partial charge in [0.05, 0.1) is 0 Å². The Labute approximate surface area is 177 Å². The van der Waals surface area contributed by atoms with Crippen LogP contribution in [0.25, 0.3) is 0 Å². The molecule has 1 aromatic heterocycles. The molecular formula is C23H28N4O3. The van der Waals surface area contributed by atoms with Crippen molar-refractivity contribution in [3.8, 4) is 5.75 Å². The van der Waals surface area contributed by atoms with Gasteiger partial charge >= 0.3 is 6.03 Å². The number of ether oxygens (including phenoxy) is 1. The van der Waals surface area contributed by atoms with E-state index in [1.807, 2.05) is 58.0 Å². The van der Waals surface area contributed by atoms with Gasteiger partial charge in [0, 0.05) is 25.7 Å². The Bertz CT molecular complexity index is 1030. The maximum atomic E-state index is 12.4. The molecule has 0 aliphatic carbocycles.